The molecule has 1 saturated carbocycles. The summed E-state index contributed by atoms with van der Waals surface area (Å²) in [5.41, 5.74) is 3.12. The van der Waals surface area contributed by atoms with Crippen molar-refractivity contribution < 1.29 is 9.53 Å². The van der Waals surface area contributed by atoms with Crippen molar-refractivity contribution in [1.29, 1.82) is 0 Å². The van der Waals surface area contributed by atoms with Crippen molar-refractivity contribution in [3.8, 4) is 0 Å². The largest absolute Gasteiger partial charge is 0.384 e. The lowest BCUT2D eigenvalue weighted by Crippen LogP contribution is -2.45. The molecule has 2 atom stereocenters. The lowest BCUT2D eigenvalue weighted by Gasteiger charge is -2.34. The molecule has 6 rings (SSSR count). The Morgan fingerprint density at radius 2 is 2.09 bits per heavy atom. The number of anilines is 3. The quantitative estimate of drug-likeness (QED) is 0.364. The SMILES string of the molecule is [B]C1([B])O[C@H]2CCC[C@H]2NC(=O)c2cnn3c(NC)cc(nc23)Nc2cc1cc1nn(C)nc21. The number of fused-ring (bicyclic) bond motifs is 6. The number of ether oxygens (including phenoxy) is 1. The molecule has 4 bridgehead atoms. The Kier molecular flexibility index (Phi) is 4.60. The van der Waals surface area contributed by atoms with Crippen LogP contribution in [0.25, 0.3) is 16.7 Å². The highest BCUT2D eigenvalue weighted by Crippen LogP contribution is 2.34. The van der Waals surface area contributed by atoms with E-state index in [-0.39, 0.29) is 18.1 Å². The summed E-state index contributed by atoms with van der Waals surface area (Å²) in [5.74, 6) is 0.847. The third-order valence-corrected chi connectivity index (χ3v) is 6.39. The van der Waals surface area contributed by atoms with Gasteiger partial charge in [-0.25, -0.2) is 4.98 Å². The van der Waals surface area contributed by atoms with E-state index in [1.54, 1.807) is 36.8 Å². The number of hydrogen-bond donors (Lipinski definition) is 3. The first-order valence-corrected chi connectivity index (χ1v) is 11.1. The number of hydrogen-bond acceptors (Lipinski definition) is 8. The fraction of sp³-hybridized carbons (Fsp3) is 0.381. The van der Waals surface area contributed by atoms with Gasteiger partial charge in [0.05, 0.1) is 24.0 Å². The van der Waals surface area contributed by atoms with Gasteiger partial charge in [0.1, 0.15) is 43.9 Å². The lowest BCUT2D eigenvalue weighted by atomic mass is 9.61. The molecule has 168 valence electrons. The number of aromatic nitrogens is 6. The van der Waals surface area contributed by atoms with E-state index in [2.05, 4.69) is 31.2 Å². The van der Waals surface area contributed by atoms with Crippen molar-refractivity contribution in [2.75, 3.05) is 17.7 Å². The van der Waals surface area contributed by atoms with Crippen LogP contribution >= 0.6 is 0 Å². The molecule has 0 spiro atoms. The number of nitrogens with one attached hydrogen (secondary N) is 3. The zero-order chi connectivity index (χ0) is 23.6. The first kappa shape index (κ1) is 21.0. The maximum atomic E-state index is 13.2. The molecule has 1 aromatic carbocycles. The minimum atomic E-state index is -1.61. The molecule has 13 heteroatoms. The lowest BCUT2D eigenvalue weighted by molar-refractivity contribution is -0.00587. The molecule has 1 aliphatic heterocycles. The Morgan fingerprint density at radius 1 is 1.24 bits per heavy atom. The van der Waals surface area contributed by atoms with Gasteiger partial charge in [0.25, 0.3) is 5.91 Å². The molecular formula is C21H21B2N9O2. The summed E-state index contributed by atoms with van der Waals surface area (Å²) in [5, 5.41) is 21.1. The molecule has 1 fully saturated rings. The molecule has 0 unspecified atom stereocenters. The zero-order valence-electron chi connectivity index (χ0n) is 18.7. The number of nitrogens with zero attached hydrogens (tertiary/aromatic N) is 6. The van der Waals surface area contributed by atoms with Crippen LogP contribution in [-0.2, 0) is 17.2 Å². The van der Waals surface area contributed by atoms with Crippen molar-refractivity contribution in [2.45, 2.75) is 36.8 Å². The molecule has 34 heavy (non-hydrogen) atoms. The number of carbonyl (C=O) groups is 1. The van der Waals surface area contributed by atoms with E-state index in [0.717, 1.165) is 19.3 Å². The van der Waals surface area contributed by atoms with Gasteiger partial charge in [-0.05, 0) is 37.0 Å². The second-order valence-corrected chi connectivity index (χ2v) is 8.74. The molecule has 4 heterocycles. The maximum Gasteiger partial charge on any atom is 0.257 e. The summed E-state index contributed by atoms with van der Waals surface area (Å²) >= 11 is 0. The first-order valence-electron chi connectivity index (χ1n) is 11.1. The fourth-order valence-electron chi connectivity index (χ4n) is 4.74. The third kappa shape index (κ3) is 3.30. The predicted octanol–water partition coefficient (Wildman–Crippen LogP) is 0.925. The molecule has 1 amide bonds. The monoisotopic (exact) mass is 453 g/mol. The summed E-state index contributed by atoms with van der Waals surface area (Å²) in [6, 6.07) is 5.10. The van der Waals surface area contributed by atoms with Crippen LogP contribution in [0.3, 0.4) is 0 Å². The molecule has 4 aromatic rings. The second-order valence-electron chi connectivity index (χ2n) is 8.74. The molecule has 4 radical (unpaired) electrons. The van der Waals surface area contributed by atoms with Gasteiger partial charge in [-0.3, -0.25) is 4.79 Å². The van der Waals surface area contributed by atoms with Crippen LogP contribution in [0.2, 0.25) is 0 Å². The summed E-state index contributed by atoms with van der Waals surface area (Å²) in [4.78, 5) is 19.4. The Hall–Kier alpha value is -3.60. The Bertz CT molecular complexity index is 1450. The van der Waals surface area contributed by atoms with E-state index < -0.39 is 5.40 Å². The van der Waals surface area contributed by atoms with Crippen LogP contribution in [-0.4, -0.2) is 70.4 Å². The topological polar surface area (TPSA) is 123 Å². The van der Waals surface area contributed by atoms with Crippen molar-refractivity contribution in [2.24, 2.45) is 7.05 Å². The number of carbonyl (C=O) groups excluding carboxylic acids is 1. The van der Waals surface area contributed by atoms with Gasteiger partial charge >= 0.3 is 0 Å². The Morgan fingerprint density at radius 3 is 2.91 bits per heavy atom. The average Bonchev–Trinajstić information content (AvgIpc) is 3.50. The van der Waals surface area contributed by atoms with Gasteiger partial charge in [0, 0.05) is 25.6 Å². The minimum absolute atomic E-state index is 0.248. The number of aryl methyl sites for hydroxylation is 1. The highest BCUT2D eigenvalue weighted by atomic mass is 16.5. The molecule has 11 nitrogen and oxygen atoms in total. The van der Waals surface area contributed by atoms with Gasteiger partial charge in [-0.1, -0.05) is 0 Å². The molecular weight excluding hydrogens is 432 g/mol. The van der Waals surface area contributed by atoms with Crippen LogP contribution in [0.15, 0.2) is 24.4 Å². The van der Waals surface area contributed by atoms with Crippen LogP contribution in [0.5, 0.6) is 0 Å². The Balaban J connectivity index is 1.60. The van der Waals surface area contributed by atoms with Crippen LogP contribution in [0.1, 0.15) is 35.2 Å². The molecule has 3 aromatic heterocycles. The van der Waals surface area contributed by atoms with Gasteiger partial charge in [-0.2, -0.15) is 24.6 Å². The number of amides is 1. The first-order chi connectivity index (χ1) is 16.3. The third-order valence-electron chi connectivity index (χ3n) is 6.39. The van der Waals surface area contributed by atoms with Crippen molar-refractivity contribution in [3.63, 3.8) is 0 Å². The standard InChI is InChI=1S/C21H21B2N9O2/c1-24-17-8-16-26-13-6-10(7-14-18(13)30-31(2)29-14)21(22,23)34-15-5-3-4-12(15)27-20(33)11-9-25-32(17)19(11)28-16/h6-9,12,15,24H,3-5H2,1-2H3,(H,26,28)(H,27,33)/t12-,15+/m1/s1. The molecule has 3 N–H and O–H groups in total. The molecule has 1 aliphatic carbocycles. The van der Waals surface area contributed by atoms with Gasteiger partial charge in [-0.15, -0.1) is 0 Å². The van der Waals surface area contributed by atoms with E-state index >= 15 is 0 Å². The van der Waals surface area contributed by atoms with Gasteiger partial charge in [0.2, 0.25) is 0 Å². The van der Waals surface area contributed by atoms with Gasteiger partial charge < -0.3 is 20.7 Å². The summed E-state index contributed by atoms with van der Waals surface area (Å²) < 4.78 is 7.79. The normalized spacial score (nSPS) is 21.8. The van der Waals surface area contributed by atoms with Crippen LogP contribution in [0.4, 0.5) is 17.3 Å². The van der Waals surface area contributed by atoms with E-state index in [0.29, 0.717) is 45.1 Å². The number of rotatable bonds is 1. The van der Waals surface area contributed by atoms with Crippen molar-refractivity contribution in [1.82, 2.24) is 34.9 Å². The van der Waals surface area contributed by atoms with E-state index in [4.69, 9.17) is 25.4 Å². The fourth-order valence-corrected chi connectivity index (χ4v) is 4.74. The van der Waals surface area contributed by atoms with Crippen LogP contribution < -0.4 is 16.0 Å². The number of benzene rings is 1. The van der Waals surface area contributed by atoms with Crippen molar-refractivity contribution >= 4 is 55.6 Å². The Labute approximate surface area is 197 Å². The summed E-state index contributed by atoms with van der Waals surface area (Å²) in [6.45, 7) is 0. The molecule has 0 saturated heterocycles. The van der Waals surface area contributed by atoms with Gasteiger partial charge in [0.15, 0.2) is 5.65 Å². The van der Waals surface area contributed by atoms with Crippen LogP contribution in [0, 0.1) is 0 Å². The zero-order valence-corrected chi connectivity index (χ0v) is 18.7. The average molecular weight is 453 g/mol. The maximum absolute atomic E-state index is 13.2. The smallest absolute Gasteiger partial charge is 0.257 e. The van der Waals surface area contributed by atoms with Crippen molar-refractivity contribution in [3.05, 3.63) is 35.5 Å². The van der Waals surface area contributed by atoms with E-state index in [1.807, 2.05) is 0 Å². The minimum Gasteiger partial charge on any atom is -0.384 e. The summed E-state index contributed by atoms with van der Waals surface area (Å²) in [6.07, 6.45) is 3.51. The second kappa shape index (κ2) is 7.45. The highest BCUT2D eigenvalue weighted by molar-refractivity contribution is 6.39. The predicted molar refractivity (Wildman–Crippen MR) is 127 cm³/mol. The summed E-state index contributed by atoms with van der Waals surface area (Å²) in [7, 11) is 16.5. The highest BCUT2D eigenvalue weighted by Gasteiger charge is 2.36. The van der Waals surface area contributed by atoms with E-state index in [1.165, 1.54) is 11.0 Å². The van der Waals surface area contributed by atoms with E-state index in [9.17, 15) is 4.79 Å². The molecule has 2 aliphatic rings.